The van der Waals surface area contributed by atoms with Gasteiger partial charge in [0.25, 0.3) is 5.91 Å². The highest BCUT2D eigenvalue weighted by molar-refractivity contribution is 6.01. The summed E-state index contributed by atoms with van der Waals surface area (Å²) in [6.45, 7) is 0. The molecule has 0 bridgehead atoms. The number of pyridine rings is 1. The van der Waals surface area contributed by atoms with E-state index in [2.05, 4.69) is 25.5 Å². The lowest BCUT2D eigenvalue weighted by atomic mass is 10.0. The Hall–Kier alpha value is -4.21. The Morgan fingerprint density at radius 2 is 1.85 bits per heavy atom. The summed E-state index contributed by atoms with van der Waals surface area (Å²) in [6.07, 6.45) is -2.65. The standard InChI is InChI=1S/C23H18F3N5O2/c1-33-18-8-7-16(23(24,25)26)13-17(18)15-9-10-27-19(12-15)29-22(32)21-28-20(30-31-21)11-14-5-3-2-4-6-14/h2-10,12-13H,11H2,1H3,(H,27,29,32)(H,28,30,31). The van der Waals surface area contributed by atoms with E-state index in [0.717, 1.165) is 17.7 Å². The minimum atomic E-state index is -4.51. The van der Waals surface area contributed by atoms with Gasteiger partial charge in [-0.05, 0) is 41.5 Å². The molecule has 0 radical (unpaired) electrons. The number of alkyl halides is 3. The summed E-state index contributed by atoms with van der Waals surface area (Å²) in [5.41, 5.74) is 0.805. The van der Waals surface area contributed by atoms with Crippen molar-refractivity contribution in [3.8, 4) is 16.9 Å². The number of anilines is 1. The van der Waals surface area contributed by atoms with Crippen LogP contribution in [0, 0.1) is 0 Å². The topological polar surface area (TPSA) is 92.8 Å². The number of rotatable bonds is 6. The minimum absolute atomic E-state index is 0.00946. The largest absolute Gasteiger partial charge is 0.496 e. The molecule has 0 fully saturated rings. The lowest BCUT2D eigenvalue weighted by Crippen LogP contribution is -2.14. The fourth-order valence-corrected chi connectivity index (χ4v) is 3.22. The van der Waals surface area contributed by atoms with E-state index in [1.54, 1.807) is 0 Å². The third-order valence-electron chi connectivity index (χ3n) is 4.80. The molecule has 2 heterocycles. The molecule has 0 aliphatic carbocycles. The van der Waals surface area contributed by atoms with Crippen LogP contribution >= 0.6 is 0 Å². The maximum Gasteiger partial charge on any atom is 0.416 e. The first-order valence-corrected chi connectivity index (χ1v) is 9.82. The number of amides is 1. The molecule has 0 atom stereocenters. The first-order valence-electron chi connectivity index (χ1n) is 9.82. The predicted molar refractivity (Wildman–Crippen MR) is 115 cm³/mol. The third kappa shape index (κ3) is 5.17. The molecule has 0 saturated heterocycles. The molecule has 1 amide bonds. The van der Waals surface area contributed by atoms with Gasteiger partial charge in [-0.15, -0.1) is 10.2 Å². The average Bonchev–Trinajstić information content (AvgIpc) is 3.27. The Labute approximate surface area is 186 Å². The Balaban J connectivity index is 1.54. The number of carbonyl (C=O) groups is 1. The second kappa shape index (κ2) is 9.11. The predicted octanol–water partition coefficient (Wildman–Crippen LogP) is 4.74. The summed E-state index contributed by atoms with van der Waals surface area (Å²) in [7, 11) is 1.37. The van der Waals surface area contributed by atoms with Crippen molar-refractivity contribution >= 4 is 11.7 Å². The van der Waals surface area contributed by atoms with Crippen molar-refractivity contribution in [2.24, 2.45) is 0 Å². The molecule has 2 aromatic carbocycles. The van der Waals surface area contributed by atoms with E-state index in [0.29, 0.717) is 17.8 Å². The summed E-state index contributed by atoms with van der Waals surface area (Å²) >= 11 is 0. The number of ether oxygens (including phenoxy) is 1. The quantitative estimate of drug-likeness (QED) is 0.440. The van der Waals surface area contributed by atoms with Crippen LogP contribution in [-0.2, 0) is 12.6 Å². The van der Waals surface area contributed by atoms with Crippen LogP contribution < -0.4 is 10.1 Å². The third-order valence-corrected chi connectivity index (χ3v) is 4.80. The van der Waals surface area contributed by atoms with Crippen molar-refractivity contribution in [2.75, 3.05) is 12.4 Å². The fourth-order valence-electron chi connectivity index (χ4n) is 3.22. The lowest BCUT2D eigenvalue weighted by molar-refractivity contribution is -0.137. The number of halogens is 3. The Kier molecular flexibility index (Phi) is 6.07. The number of nitrogens with one attached hydrogen (secondary N) is 2. The van der Waals surface area contributed by atoms with E-state index in [1.807, 2.05) is 30.3 Å². The smallest absolute Gasteiger partial charge is 0.416 e. The highest BCUT2D eigenvalue weighted by Crippen LogP contribution is 2.37. The molecule has 0 aliphatic heterocycles. The number of aromatic nitrogens is 4. The molecular weight excluding hydrogens is 435 g/mol. The van der Waals surface area contributed by atoms with E-state index in [9.17, 15) is 18.0 Å². The fraction of sp³-hybridized carbons (Fsp3) is 0.130. The van der Waals surface area contributed by atoms with E-state index >= 15 is 0 Å². The number of nitrogens with zero attached hydrogens (tertiary/aromatic N) is 3. The number of hydrogen-bond acceptors (Lipinski definition) is 5. The number of H-pyrrole nitrogens is 1. The Bertz CT molecular complexity index is 1270. The van der Waals surface area contributed by atoms with Gasteiger partial charge in [-0.25, -0.2) is 4.98 Å². The summed E-state index contributed by atoms with van der Waals surface area (Å²) in [6, 6.07) is 15.7. The van der Waals surface area contributed by atoms with Gasteiger partial charge in [0, 0.05) is 18.2 Å². The van der Waals surface area contributed by atoms with Crippen LogP contribution in [0.4, 0.5) is 19.0 Å². The highest BCUT2D eigenvalue weighted by atomic mass is 19.4. The van der Waals surface area contributed by atoms with Gasteiger partial charge < -0.3 is 15.0 Å². The van der Waals surface area contributed by atoms with Gasteiger partial charge in [-0.2, -0.15) is 13.2 Å². The Morgan fingerprint density at radius 3 is 2.58 bits per heavy atom. The van der Waals surface area contributed by atoms with E-state index in [1.165, 1.54) is 31.5 Å². The monoisotopic (exact) mass is 453 g/mol. The van der Waals surface area contributed by atoms with Crippen LogP contribution in [0.15, 0.2) is 66.9 Å². The average molecular weight is 453 g/mol. The second-order valence-electron chi connectivity index (χ2n) is 7.08. The second-order valence-corrected chi connectivity index (χ2v) is 7.08. The molecule has 0 unspecified atom stereocenters. The number of hydrogen-bond donors (Lipinski definition) is 2. The van der Waals surface area contributed by atoms with Crippen molar-refractivity contribution in [1.82, 2.24) is 20.2 Å². The molecular formula is C23H18F3N5O2. The van der Waals surface area contributed by atoms with E-state index in [4.69, 9.17) is 4.74 Å². The molecule has 7 nitrogen and oxygen atoms in total. The van der Waals surface area contributed by atoms with Gasteiger partial charge in [0.1, 0.15) is 17.4 Å². The Morgan fingerprint density at radius 1 is 1.06 bits per heavy atom. The van der Waals surface area contributed by atoms with Crippen LogP contribution in [0.5, 0.6) is 5.75 Å². The van der Waals surface area contributed by atoms with Crippen LogP contribution in [-0.4, -0.2) is 33.2 Å². The van der Waals surface area contributed by atoms with Gasteiger partial charge in [0.15, 0.2) is 0 Å². The number of benzene rings is 2. The van der Waals surface area contributed by atoms with E-state index < -0.39 is 17.6 Å². The molecule has 4 rings (SSSR count). The molecule has 2 N–H and O–H groups in total. The van der Waals surface area contributed by atoms with Crippen molar-refractivity contribution in [3.05, 3.63) is 89.6 Å². The number of methoxy groups -OCH3 is 1. The zero-order valence-electron chi connectivity index (χ0n) is 17.3. The van der Waals surface area contributed by atoms with Crippen molar-refractivity contribution in [1.29, 1.82) is 0 Å². The molecule has 2 aromatic heterocycles. The molecule has 4 aromatic rings. The van der Waals surface area contributed by atoms with Gasteiger partial charge >= 0.3 is 6.18 Å². The number of aromatic amines is 1. The molecule has 10 heteroatoms. The summed E-state index contributed by atoms with van der Waals surface area (Å²) in [4.78, 5) is 19.5. The van der Waals surface area contributed by atoms with Gasteiger partial charge in [-0.3, -0.25) is 4.79 Å². The SMILES string of the molecule is COc1ccc(C(F)(F)F)cc1-c1ccnc(NC(=O)c2nnc(Cc3ccccc3)[nH]2)c1. The van der Waals surface area contributed by atoms with Crippen LogP contribution in [0.1, 0.15) is 27.6 Å². The zero-order chi connectivity index (χ0) is 23.4. The molecule has 0 saturated carbocycles. The summed E-state index contributed by atoms with van der Waals surface area (Å²) in [5.74, 6) is 0.319. The zero-order valence-corrected chi connectivity index (χ0v) is 17.3. The van der Waals surface area contributed by atoms with Crippen LogP contribution in [0.25, 0.3) is 11.1 Å². The van der Waals surface area contributed by atoms with Gasteiger partial charge in [0.05, 0.1) is 12.7 Å². The van der Waals surface area contributed by atoms with Gasteiger partial charge in [-0.1, -0.05) is 30.3 Å². The normalized spacial score (nSPS) is 11.3. The van der Waals surface area contributed by atoms with Gasteiger partial charge in [0.2, 0.25) is 5.82 Å². The summed E-state index contributed by atoms with van der Waals surface area (Å²) < 4.78 is 44.7. The van der Waals surface area contributed by atoms with Crippen LogP contribution in [0.3, 0.4) is 0 Å². The number of carbonyl (C=O) groups excluding carboxylic acids is 1. The highest BCUT2D eigenvalue weighted by Gasteiger charge is 2.31. The van der Waals surface area contributed by atoms with Crippen molar-refractivity contribution < 1.29 is 22.7 Å². The maximum atomic E-state index is 13.2. The van der Waals surface area contributed by atoms with Crippen molar-refractivity contribution in [2.45, 2.75) is 12.6 Å². The molecule has 33 heavy (non-hydrogen) atoms. The molecule has 0 aliphatic rings. The molecule has 168 valence electrons. The van der Waals surface area contributed by atoms with Crippen molar-refractivity contribution in [3.63, 3.8) is 0 Å². The first-order chi connectivity index (χ1) is 15.8. The summed E-state index contributed by atoms with van der Waals surface area (Å²) in [5, 5.41) is 10.4. The van der Waals surface area contributed by atoms with Crippen LogP contribution in [0.2, 0.25) is 0 Å². The van der Waals surface area contributed by atoms with E-state index in [-0.39, 0.29) is 23.0 Å². The first kappa shape index (κ1) is 22.0. The lowest BCUT2D eigenvalue weighted by Gasteiger charge is -2.13. The molecule has 0 spiro atoms. The minimum Gasteiger partial charge on any atom is -0.496 e. The maximum absolute atomic E-state index is 13.2.